The van der Waals surface area contributed by atoms with Crippen molar-refractivity contribution in [1.82, 2.24) is 9.80 Å². The highest BCUT2D eigenvalue weighted by Gasteiger charge is 2.49. The zero-order chi connectivity index (χ0) is 13.7. The summed E-state index contributed by atoms with van der Waals surface area (Å²) < 4.78 is 5.46. The highest BCUT2D eigenvalue weighted by atomic mass is 16.6. The van der Waals surface area contributed by atoms with Gasteiger partial charge in [-0.2, -0.15) is 0 Å². The molecule has 18 heavy (non-hydrogen) atoms. The number of amides is 1. The lowest BCUT2D eigenvalue weighted by Gasteiger charge is -2.42. The standard InChI is InChI=1S/C14H26N2O2/c1-13(2,3)16-9-10-7-11(16)8-15(10)12(17)18-14(4,5)6/h10-11H,7-9H2,1-6H3. The van der Waals surface area contributed by atoms with Crippen molar-refractivity contribution in [2.45, 2.75) is 71.2 Å². The number of ether oxygens (including phenoxy) is 1. The number of hydrogen-bond acceptors (Lipinski definition) is 3. The third kappa shape index (κ3) is 2.63. The Morgan fingerprint density at radius 1 is 1.06 bits per heavy atom. The third-order valence-corrected chi connectivity index (χ3v) is 3.73. The maximum Gasteiger partial charge on any atom is 0.410 e. The van der Waals surface area contributed by atoms with Gasteiger partial charge in [-0.1, -0.05) is 0 Å². The smallest absolute Gasteiger partial charge is 0.410 e. The summed E-state index contributed by atoms with van der Waals surface area (Å²) in [7, 11) is 0. The van der Waals surface area contributed by atoms with E-state index in [-0.39, 0.29) is 11.6 Å². The topological polar surface area (TPSA) is 32.8 Å². The van der Waals surface area contributed by atoms with E-state index in [1.54, 1.807) is 0 Å². The van der Waals surface area contributed by atoms with E-state index in [0.29, 0.717) is 12.1 Å². The van der Waals surface area contributed by atoms with E-state index in [1.807, 2.05) is 25.7 Å². The highest BCUT2D eigenvalue weighted by Crippen LogP contribution is 2.36. The molecular weight excluding hydrogens is 228 g/mol. The summed E-state index contributed by atoms with van der Waals surface area (Å²) >= 11 is 0. The number of nitrogens with zero attached hydrogens (tertiary/aromatic N) is 2. The summed E-state index contributed by atoms with van der Waals surface area (Å²) in [5.41, 5.74) is -0.206. The Labute approximate surface area is 110 Å². The summed E-state index contributed by atoms with van der Waals surface area (Å²) in [6.07, 6.45) is 0.944. The fraction of sp³-hybridized carbons (Fsp3) is 0.929. The first-order valence-electron chi connectivity index (χ1n) is 6.84. The van der Waals surface area contributed by atoms with Crippen LogP contribution in [0.15, 0.2) is 0 Å². The second kappa shape index (κ2) is 4.12. The molecule has 2 rings (SSSR count). The molecule has 0 spiro atoms. The van der Waals surface area contributed by atoms with Gasteiger partial charge < -0.3 is 9.64 Å². The molecule has 2 atom stereocenters. The summed E-state index contributed by atoms with van der Waals surface area (Å²) in [4.78, 5) is 16.5. The molecular formula is C14H26N2O2. The average Bonchev–Trinajstić information content (AvgIpc) is 2.71. The Morgan fingerprint density at radius 2 is 1.67 bits per heavy atom. The van der Waals surface area contributed by atoms with Crippen LogP contribution in [-0.4, -0.2) is 52.2 Å². The van der Waals surface area contributed by atoms with Gasteiger partial charge in [-0.15, -0.1) is 0 Å². The summed E-state index contributed by atoms with van der Waals surface area (Å²) in [6, 6.07) is 0.839. The predicted molar refractivity (Wildman–Crippen MR) is 71.6 cm³/mol. The van der Waals surface area contributed by atoms with Crippen LogP contribution in [0.1, 0.15) is 48.0 Å². The largest absolute Gasteiger partial charge is 0.444 e. The molecule has 2 bridgehead atoms. The Hall–Kier alpha value is -0.770. The van der Waals surface area contributed by atoms with Gasteiger partial charge in [0.1, 0.15) is 5.60 Å². The van der Waals surface area contributed by atoms with Gasteiger partial charge in [0.05, 0.1) is 0 Å². The fourth-order valence-corrected chi connectivity index (χ4v) is 3.03. The van der Waals surface area contributed by atoms with Crippen molar-refractivity contribution in [1.29, 1.82) is 0 Å². The maximum absolute atomic E-state index is 12.1. The number of carbonyl (C=O) groups excluding carboxylic acids is 1. The van der Waals surface area contributed by atoms with Gasteiger partial charge in [0.2, 0.25) is 0 Å². The van der Waals surface area contributed by atoms with Gasteiger partial charge in [0.15, 0.2) is 0 Å². The quantitative estimate of drug-likeness (QED) is 0.666. The molecule has 0 aromatic carbocycles. The normalized spacial score (nSPS) is 28.9. The molecule has 2 aliphatic rings. The molecule has 1 amide bonds. The van der Waals surface area contributed by atoms with Crippen molar-refractivity contribution < 1.29 is 9.53 Å². The van der Waals surface area contributed by atoms with Gasteiger partial charge in [-0.05, 0) is 48.0 Å². The second-order valence-corrected chi connectivity index (χ2v) is 7.50. The Balaban J connectivity index is 1.97. The minimum absolute atomic E-state index is 0.149. The third-order valence-electron chi connectivity index (χ3n) is 3.73. The lowest BCUT2D eigenvalue weighted by atomic mass is 10.0. The first-order chi connectivity index (χ1) is 8.08. The van der Waals surface area contributed by atoms with Crippen LogP contribution in [0.3, 0.4) is 0 Å². The molecule has 0 radical (unpaired) electrons. The number of hydrogen-bond donors (Lipinski definition) is 0. The predicted octanol–water partition coefficient (Wildman–Crippen LogP) is 2.48. The number of fused-ring (bicyclic) bond motifs is 2. The molecule has 0 aromatic rings. The molecule has 2 aliphatic heterocycles. The molecule has 0 aliphatic carbocycles. The lowest BCUT2D eigenvalue weighted by Crippen LogP contribution is -2.55. The molecule has 4 nitrogen and oxygen atoms in total. The Morgan fingerprint density at radius 3 is 2.06 bits per heavy atom. The van der Waals surface area contributed by atoms with E-state index >= 15 is 0 Å². The van der Waals surface area contributed by atoms with Crippen molar-refractivity contribution >= 4 is 6.09 Å². The van der Waals surface area contributed by atoms with E-state index in [4.69, 9.17) is 4.74 Å². The molecule has 0 N–H and O–H groups in total. The van der Waals surface area contributed by atoms with Gasteiger partial charge in [0, 0.05) is 30.7 Å². The van der Waals surface area contributed by atoms with E-state index in [2.05, 4.69) is 25.7 Å². The number of likely N-dealkylation sites (tertiary alicyclic amines) is 2. The Kier molecular flexibility index (Phi) is 3.13. The molecule has 0 saturated carbocycles. The first kappa shape index (κ1) is 13.7. The molecule has 2 fully saturated rings. The maximum atomic E-state index is 12.1. The summed E-state index contributed by atoms with van der Waals surface area (Å²) in [5, 5.41) is 0. The van der Waals surface area contributed by atoms with Crippen molar-refractivity contribution in [2.24, 2.45) is 0 Å². The molecule has 4 heteroatoms. The van der Waals surface area contributed by atoms with E-state index in [1.165, 1.54) is 0 Å². The van der Waals surface area contributed by atoms with Crippen molar-refractivity contribution in [3.8, 4) is 0 Å². The fourth-order valence-electron chi connectivity index (χ4n) is 3.03. The second-order valence-electron chi connectivity index (χ2n) is 7.50. The Bertz CT molecular complexity index is 341. The van der Waals surface area contributed by atoms with Gasteiger partial charge >= 0.3 is 6.09 Å². The zero-order valence-electron chi connectivity index (χ0n) is 12.5. The minimum Gasteiger partial charge on any atom is -0.444 e. The molecule has 2 unspecified atom stereocenters. The lowest BCUT2D eigenvalue weighted by molar-refractivity contribution is 0.00292. The van der Waals surface area contributed by atoms with E-state index in [0.717, 1.165) is 19.5 Å². The van der Waals surface area contributed by atoms with Crippen LogP contribution in [0.2, 0.25) is 0 Å². The highest BCUT2D eigenvalue weighted by molar-refractivity contribution is 5.69. The zero-order valence-corrected chi connectivity index (χ0v) is 12.5. The number of rotatable bonds is 0. The van der Waals surface area contributed by atoms with Crippen LogP contribution in [0.25, 0.3) is 0 Å². The van der Waals surface area contributed by atoms with Gasteiger partial charge in [-0.3, -0.25) is 4.90 Å². The van der Waals surface area contributed by atoms with Crippen LogP contribution in [-0.2, 0) is 4.74 Å². The van der Waals surface area contributed by atoms with Crippen molar-refractivity contribution in [3.05, 3.63) is 0 Å². The average molecular weight is 254 g/mol. The van der Waals surface area contributed by atoms with Gasteiger partial charge in [0.25, 0.3) is 0 Å². The van der Waals surface area contributed by atoms with E-state index in [9.17, 15) is 4.79 Å². The number of piperazine rings is 1. The summed E-state index contributed by atoms with van der Waals surface area (Å²) in [6.45, 7) is 14.3. The van der Waals surface area contributed by atoms with Crippen LogP contribution < -0.4 is 0 Å². The molecule has 104 valence electrons. The van der Waals surface area contributed by atoms with Crippen LogP contribution in [0.5, 0.6) is 0 Å². The van der Waals surface area contributed by atoms with Crippen LogP contribution >= 0.6 is 0 Å². The molecule has 2 saturated heterocycles. The minimum atomic E-state index is -0.400. The number of carbonyl (C=O) groups is 1. The first-order valence-corrected chi connectivity index (χ1v) is 6.84. The molecule has 2 heterocycles. The van der Waals surface area contributed by atoms with Crippen LogP contribution in [0.4, 0.5) is 4.79 Å². The monoisotopic (exact) mass is 254 g/mol. The summed E-state index contributed by atoms with van der Waals surface area (Å²) in [5.74, 6) is 0. The SMILES string of the molecule is CC(C)(C)OC(=O)N1CC2CC1CN2C(C)(C)C. The van der Waals surface area contributed by atoms with Crippen LogP contribution in [0, 0.1) is 0 Å². The molecule has 0 aromatic heterocycles. The van der Waals surface area contributed by atoms with Gasteiger partial charge in [-0.25, -0.2) is 4.79 Å². The van der Waals surface area contributed by atoms with Crippen molar-refractivity contribution in [2.75, 3.05) is 13.1 Å². The van der Waals surface area contributed by atoms with Crippen molar-refractivity contribution in [3.63, 3.8) is 0 Å². The van der Waals surface area contributed by atoms with E-state index < -0.39 is 5.60 Å².